The van der Waals surface area contributed by atoms with Crippen molar-refractivity contribution in [3.8, 4) is 5.82 Å². The summed E-state index contributed by atoms with van der Waals surface area (Å²) in [7, 11) is 0. The number of nitrogens with one attached hydrogen (secondary N) is 1. The number of hydrogen-bond donors (Lipinski definition) is 2. The van der Waals surface area contributed by atoms with Crippen LogP contribution in [0.25, 0.3) is 5.82 Å². The van der Waals surface area contributed by atoms with Crippen molar-refractivity contribution in [2.75, 3.05) is 5.32 Å². The lowest BCUT2D eigenvalue weighted by Gasteiger charge is -2.04. The monoisotopic (exact) mass is 258 g/mol. The van der Waals surface area contributed by atoms with E-state index in [9.17, 15) is 9.59 Å². The molecule has 0 bridgehead atoms. The quantitative estimate of drug-likeness (QED) is 0.792. The summed E-state index contributed by atoms with van der Waals surface area (Å²) in [6.07, 6.45) is 8.16. The highest BCUT2D eigenvalue weighted by Crippen LogP contribution is 2.09. The molecular weight excluding hydrogens is 248 g/mol. The first-order chi connectivity index (χ1) is 9.15. The van der Waals surface area contributed by atoms with Gasteiger partial charge in [0, 0.05) is 24.5 Å². The van der Waals surface area contributed by atoms with Gasteiger partial charge in [-0.15, -0.1) is 0 Å². The summed E-state index contributed by atoms with van der Waals surface area (Å²) < 4.78 is 1.72. The molecule has 0 aliphatic rings. The van der Waals surface area contributed by atoms with Gasteiger partial charge >= 0.3 is 5.97 Å². The van der Waals surface area contributed by atoms with Crippen LogP contribution in [0.2, 0.25) is 0 Å². The normalized spacial score (nSPS) is 10.5. The van der Waals surface area contributed by atoms with Crippen LogP contribution in [0.4, 0.5) is 5.69 Å². The number of carboxylic acids is 1. The van der Waals surface area contributed by atoms with Crippen LogP contribution >= 0.6 is 0 Å². The van der Waals surface area contributed by atoms with E-state index in [4.69, 9.17) is 5.11 Å². The SMILES string of the molecule is O=C(O)/C=C/C(=O)Nc1ccc(-n2ccnc2)nc1. The Kier molecular flexibility index (Phi) is 3.67. The molecule has 0 atom stereocenters. The number of aromatic nitrogens is 3. The largest absolute Gasteiger partial charge is 0.478 e. The van der Waals surface area contributed by atoms with Crippen LogP contribution < -0.4 is 5.32 Å². The number of rotatable bonds is 4. The van der Waals surface area contributed by atoms with Gasteiger partial charge in [-0.2, -0.15) is 0 Å². The van der Waals surface area contributed by atoms with Crippen molar-refractivity contribution >= 4 is 17.6 Å². The van der Waals surface area contributed by atoms with Gasteiger partial charge in [-0.05, 0) is 12.1 Å². The number of amides is 1. The summed E-state index contributed by atoms with van der Waals surface area (Å²) in [6.45, 7) is 0. The molecule has 0 saturated carbocycles. The van der Waals surface area contributed by atoms with E-state index >= 15 is 0 Å². The summed E-state index contributed by atoms with van der Waals surface area (Å²) in [5, 5.41) is 10.9. The van der Waals surface area contributed by atoms with E-state index in [1.807, 2.05) is 0 Å². The zero-order valence-electron chi connectivity index (χ0n) is 9.72. The molecule has 2 N–H and O–H groups in total. The fourth-order valence-electron chi connectivity index (χ4n) is 1.34. The van der Waals surface area contributed by atoms with Gasteiger partial charge < -0.3 is 10.4 Å². The molecule has 2 aromatic heterocycles. The molecule has 0 spiro atoms. The number of pyridine rings is 1. The molecule has 7 nitrogen and oxygen atoms in total. The molecule has 0 saturated heterocycles. The van der Waals surface area contributed by atoms with Crippen LogP contribution in [0.5, 0.6) is 0 Å². The van der Waals surface area contributed by atoms with Crippen molar-refractivity contribution in [3.05, 3.63) is 49.2 Å². The third-order valence-electron chi connectivity index (χ3n) is 2.16. The standard InChI is InChI=1S/C12H10N4O3/c17-11(3-4-12(18)19)15-9-1-2-10(14-7-9)16-6-5-13-8-16/h1-8H,(H,15,17)(H,18,19)/b4-3+. The van der Waals surface area contributed by atoms with Crippen molar-refractivity contribution in [1.29, 1.82) is 0 Å². The van der Waals surface area contributed by atoms with Gasteiger partial charge in [0.05, 0.1) is 11.9 Å². The molecular formula is C12H10N4O3. The summed E-state index contributed by atoms with van der Waals surface area (Å²) in [5.74, 6) is -1.04. The maximum atomic E-state index is 11.3. The van der Waals surface area contributed by atoms with Crippen molar-refractivity contribution in [1.82, 2.24) is 14.5 Å². The lowest BCUT2D eigenvalue weighted by molar-refractivity contribution is -0.131. The zero-order valence-corrected chi connectivity index (χ0v) is 9.72. The lowest BCUT2D eigenvalue weighted by Crippen LogP contribution is -2.09. The maximum absolute atomic E-state index is 11.3. The smallest absolute Gasteiger partial charge is 0.328 e. The van der Waals surface area contributed by atoms with Crippen LogP contribution in [0, 0.1) is 0 Å². The second kappa shape index (κ2) is 5.58. The lowest BCUT2D eigenvalue weighted by atomic mass is 10.3. The van der Waals surface area contributed by atoms with E-state index in [1.54, 1.807) is 35.4 Å². The van der Waals surface area contributed by atoms with Crippen LogP contribution in [0.3, 0.4) is 0 Å². The molecule has 96 valence electrons. The zero-order chi connectivity index (χ0) is 13.7. The molecule has 0 aromatic carbocycles. The van der Waals surface area contributed by atoms with Gasteiger partial charge in [0.15, 0.2) is 0 Å². The molecule has 19 heavy (non-hydrogen) atoms. The van der Waals surface area contributed by atoms with Gasteiger partial charge in [-0.3, -0.25) is 9.36 Å². The number of hydrogen-bond acceptors (Lipinski definition) is 4. The summed E-state index contributed by atoms with van der Waals surface area (Å²) in [5.41, 5.74) is 0.476. The minimum Gasteiger partial charge on any atom is -0.478 e. The topological polar surface area (TPSA) is 97.1 Å². The minimum absolute atomic E-state index is 0.476. The average molecular weight is 258 g/mol. The molecule has 1 amide bonds. The highest BCUT2D eigenvalue weighted by atomic mass is 16.4. The summed E-state index contributed by atoms with van der Waals surface area (Å²) in [4.78, 5) is 29.6. The Balaban J connectivity index is 2.03. The Morgan fingerprint density at radius 1 is 1.32 bits per heavy atom. The van der Waals surface area contributed by atoms with Crippen molar-refractivity contribution < 1.29 is 14.7 Å². The molecule has 2 rings (SSSR count). The van der Waals surface area contributed by atoms with E-state index in [0.717, 1.165) is 12.2 Å². The van der Waals surface area contributed by atoms with Crippen LogP contribution in [-0.2, 0) is 9.59 Å². The van der Waals surface area contributed by atoms with Gasteiger partial charge in [0.1, 0.15) is 12.1 Å². The van der Waals surface area contributed by atoms with Gasteiger partial charge in [-0.25, -0.2) is 14.8 Å². The van der Waals surface area contributed by atoms with Gasteiger partial charge in [-0.1, -0.05) is 0 Å². The molecule has 0 aliphatic heterocycles. The van der Waals surface area contributed by atoms with E-state index in [0.29, 0.717) is 11.5 Å². The Bertz CT molecular complexity index is 602. The number of anilines is 1. The molecule has 0 unspecified atom stereocenters. The number of nitrogens with zero attached hydrogens (tertiary/aromatic N) is 3. The number of aliphatic carboxylic acids is 1. The second-order valence-corrected chi connectivity index (χ2v) is 3.54. The Morgan fingerprint density at radius 2 is 2.16 bits per heavy atom. The average Bonchev–Trinajstić information content (AvgIpc) is 2.91. The molecule has 0 radical (unpaired) electrons. The second-order valence-electron chi connectivity index (χ2n) is 3.54. The maximum Gasteiger partial charge on any atom is 0.328 e. The van der Waals surface area contributed by atoms with Crippen LogP contribution in [0.1, 0.15) is 0 Å². The van der Waals surface area contributed by atoms with Crippen molar-refractivity contribution in [3.63, 3.8) is 0 Å². The Morgan fingerprint density at radius 3 is 2.74 bits per heavy atom. The summed E-state index contributed by atoms with van der Waals surface area (Å²) in [6, 6.07) is 3.37. The number of imidazole rings is 1. The first-order valence-electron chi connectivity index (χ1n) is 5.31. The molecule has 2 aromatic rings. The number of carbonyl (C=O) groups excluding carboxylic acids is 1. The third-order valence-corrected chi connectivity index (χ3v) is 2.16. The predicted molar refractivity (Wildman–Crippen MR) is 66.8 cm³/mol. The number of carbonyl (C=O) groups is 2. The molecule has 0 aliphatic carbocycles. The van der Waals surface area contributed by atoms with Crippen molar-refractivity contribution in [2.24, 2.45) is 0 Å². The van der Waals surface area contributed by atoms with Gasteiger partial charge in [0.25, 0.3) is 0 Å². The fraction of sp³-hybridized carbons (Fsp3) is 0. The van der Waals surface area contributed by atoms with E-state index in [2.05, 4.69) is 15.3 Å². The van der Waals surface area contributed by atoms with Crippen LogP contribution in [-0.4, -0.2) is 31.5 Å². The first kappa shape index (κ1) is 12.5. The number of carboxylic acid groups (broad SMARTS) is 1. The third kappa shape index (κ3) is 3.50. The predicted octanol–water partition coefficient (Wildman–Crippen LogP) is 0.847. The Hall–Kier alpha value is -2.96. The Labute approximate surface area is 108 Å². The highest BCUT2D eigenvalue weighted by molar-refractivity contribution is 6.02. The van der Waals surface area contributed by atoms with E-state index < -0.39 is 11.9 Å². The van der Waals surface area contributed by atoms with Crippen LogP contribution in [0.15, 0.2) is 49.2 Å². The van der Waals surface area contributed by atoms with Crippen molar-refractivity contribution in [2.45, 2.75) is 0 Å². The van der Waals surface area contributed by atoms with Gasteiger partial charge in [0.2, 0.25) is 5.91 Å². The van der Waals surface area contributed by atoms with E-state index in [-0.39, 0.29) is 0 Å². The fourth-order valence-corrected chi connectivity index (χ4v) is 1.34. The highest BCUT2D eigenvalue weighted by Gasteiger charge is 2.01. The molecule has 2 heterocycles. The first-order valence-corrected chi connectivity index (χ1v) is 5.31. The minimum atomic E-state index is -1.18. The van der Waals surface area contributed by atoms with E-state index in [1.165, 1.54) is 6.20 Å². The summed E-state index contributed by atoms with van der Waals surface area (Å²) >= 11 is 0. The molecule has 7 heteroatoms. The molecule has 0 fully saturated rings.